The van der Waals surface area contributed by atoms with Crippen LogP contribution in [0, 0.1) is 46.3 Å². The number of hydrogen-bond donors (Lipinski definition) is 0. The first-order chi connectivity index (χ1) is 19.0. The Morgan fingerprint density at radius 1 is 1.00 bits per heavy atom. The fourth-order valence-corrected chi connectivity index (χ4v) is 10.5. The van der Waals surface area contributed by atoms with E-state index in [2.05, 4.69) is 33.8 Å². The Morgan fingerprint density at radius 3 is 2.48 bits per heavy atom. The van der Waals surface area contributed by atoms with Gasteiger partial charge < -0.3 is 14.2 Å². The zero-order chi connectivity index (χ0) is 28.0. The van der Waals surface area contributed by atoms with E-state index in [-0.39, 0.29) is 41.7 Å². The van der Waals surface area contributed by atoms with E-state index >= 15 is 0 Å². The van der Waals surface area contributed by atoms with Crippen LogP contribution in [-0.4, -0.2) is 47.6 Å². The van der Waals surface area contributed by atoms with Crippen LogP contribution in [0.2, 0.25) is 0 Å². The van der Waals surface area contributed by atoms with Gasteiger partial charge in [-0.05, 0) is 80.0 Å². The van der Waals surface area contributed by atoms with Gasteiger partial charge in [-0.2, -0.15) is 0 Å². The summed E-state index contributed by atoms with van der Waals surface area (Å²) in [6, 6.07) is 0. The lowest BCUT2D eigenvalue weighted by atomic mass is 9.49. The van der Waals surface area contributed by atoms with Gasteiger partial charge in [-0.3, -0.25) is 14.4 Å². The molecule has 3 aliphatic heterocycles. The summed E-state index contributed by atoms with van der Waals surface area (Å²) in [4.78, 5) is 41.0. The summed E-state index contributed by atoms with van der Waals surface area (Å²) in [7, 11) is 0. The second-order valence-electron chi connectivity index (χ2n) is 14.6. The largest absolute Gasteiger partial charge is 0.534 e. The number of hydrogen-bond acceptors (Lipinski definition) is 7. The molecule has 3 heterocycles. The summed E-state index contributed by atoms with van der Waals surface area (Å²) >= 11 is 0. The van der Waals surface area contributed by atoms with Crippen LogP contribution in [0.15, 0.2) is 11.6 Å². The summed E-state index contributed by atoms with van der Waals surface area (Å²) in [5.74, 6) is 2.34. The third kappa shape index (κ3) is 3.80. The Morgan fingerprint density at radius 2 is 1.75 bits per heavy atom. The predicted octanol–water partition coefficient (Wildman–Crippen LogP) is 5.94. The van der Waals surface area contributed by atoms with Gasteiger partial charge in [0.2, 0.25) is 0 Å². The van der Waals surface area contributed by atoms with Gasteiger partial charge in [-0.1, -0.05) is 44.4 Å². The van der Waals surface area contributed by atoms with Gasteiger partial charge in [-0.15, -0.1) is 0 Å². The van der Waals surface area contributed by atoms with Crippen molar-refractivity contribution in [1.82, 2.24) is 5.06 Å². The van der Waals surface area contributed by atoms with Gasteiger partial charge in [-0.25, -0.2) is 4.79 Å². The number of amides is 2. The second kappa shape index (κ2) is 9.29. The number of fused-ring (bicyclic) bond motifs is 7. The Labute approximate surface area is 237 Å². The van der Waals surface area contributed by atoms with Gasteiger partial charge in [0, 0.05) is 37.0 Å². The molecule has 0 aromatic rings. The Balaban J connectivity index is 1.03. The molecule has 3 saturated carbocycles. The fraction of sp³-hybridized carbons (Fsp3) is 0.844. The molecule has 8 heteroatoms. The molecule has 3 saturated heterocycles. The maximum absolute atomic E-state index is 12.4. The highest BCUT2D eigenvalue weighted by Crippen LogP contribution is 2.70. The van der Waals surface area contributed by atoms with Crippen molar-refractivity contribution < 1.29 is 33.4 Å². The molecule has 0 radical (unpaired) electrons. The maximum Gasteiger partial charge on any atom is 0.534 e. The molecule has 2 amide bonds. The monoisotopic (exact) mass is 555 g/mol. The van der Waals surface area contributed by atoms with Gasteiger partial charge in [0.1, 0.15) is 6.10 Å². The van der Waals surface area contributed by atoms with E-state index in [1.54, 1.807) is 0 Å². The molecule has 220 valence electrons. The highest BCUT2D eigenvalue weighted by molar-refractivity contribution is 6.01. The lowest BCUT2D eigenvalue weighted by molar-refractivity contribution is -0.272. The first-order valence-electron chi connectivity index (χ1n) is 15.8. The van der Waals surface area contributed by atoms with E-state index in [1.165, 1.54) is 24.8 Å². The van der Waals surface area contributed by atoms with Crippen molar-refractivity contribution in [1.29, 1.82) is 0 Å². The average Bonchev–Trinajstić information content (AvgIpc) is 3.47. The zero-order valence-corrected chi connectivity index (χ0v) is 24.5. The van der Waals surface area contributed by atoms with Crippen molar-refractivity contribution in [2.45, 2.75) is 116 Å². The van der Waals surface area contributed by atoms with Gasteiger partial charge in [0.15, 0.2) is 5.79 Å². The molecule has 6 fully saturated rings. The molecule has 1 spiro atoms. The van der Waals surface area contributed by atoms with Crippen molar-refractivity contribution in [3.05, 3.63) is 11.6 Å². The van der Waals surface area contributed by atoms with Crippen LogP contribution < -0.4 is 0 Å². The number of carbonyl (C=O) groups is 3. The highest BCUT2D eigenvalue weighted by atomic mass is 16.8. The maximum atomic E-state index is 12.4. The SMILES string of the molecule is C[C@@H]1CCC2(OC1)O[C@H]1C[C@@H]3C(CC[C@H]4[C@H]3CC=C3C[C@@H](OC(=O)ON5C(=O)CCC5=O)CC[C@@]34C)C1(C)[C@@H]2C. The molecule has 4 aliphatic carbocycles. The van der Waals surface area contributed by atoms with Crippen molar-refractivity contribution >= 4 is 18.0 Å². The third-order valence-corrected chi connectivity index (χ3v) is 12.9. The fourth-order valence-electron chi connectivity index (χ4n) is 10.5. The minimum atomic E-state index is -0.957. The van der Waals surface area contributed by atoms with Crippen LogP contribution in [-0.2, 0) is 28.6 Å². The van der Waals surface area contributed by atoms with Gasteiger partial charge >= 0.3 is 6.16 Å². The Bertz CT molecular complexity index is 1110. The van der Waals surface area contributed by atoms with Crippen molar-refractivity contribution in [2.24, 2.45) is 46.3 Å². The Hall–Kier alpha value is -1.93. The van der Waals surface area contributed by atoms with Gasteiger partial charge in [0.25, 0.3) is 11.8 Å². The normalized spacial score (nSPS) is 49.7. The predicted molar refractivity (Wildman–Crippen MR) is 144 cm³/mol. The second-order valence-corrected chi connectivity index (χ2v) is 14.6. The molecule has 8 nitrogen and oxygen atoms in total. The number of rotatable bonds is 2. The van der Waals surface area contributed by atoms with E-state index in [0.29, 0.717) is 47.0 Å². The van der Waals surface area contributed by atoms with E-state index in [4.69, 9.17) is 19.0 Å². The number of imide groups is 1. The summed E-state index contributed by atoms with van der Waals surface area (Å²) < 4.78 is 19.1. The molecule has 11 atom stereocenters. The lowest BCUT2D eigenvalue weighted by Crippen LogP contribution is -2.51. The van der Waals surface area contributed by atoms with Crippen molar-refractivity contribution in [3.63, 3.8) is 0 Å². The highest BCUT2D eigenvalue weighted by Gasteiger charge is 2.70. The molecule has 3 unspecified atom stereocenters. The zero-order valence-electron chi connectivity index (χ0n) is 24.5. The van der Waals surface area contributed by atoms with E-state index < -0.39 is 18.0 Å². The van der Waals surface area contributed by atoms with Crippen LogP contribution in [0.4, 0.5) is 4.79 Å². The number of ether oxygens (including phenoxy) is 3. The van der Waals surface area contributed by atoms with E-state index in [1.807, 2.05) is 0 Å². The van der Waals surface area contributed by atoms with Crippen molar-refractivity contribution in [3.8, 4) is 0 Å². The number of nitrogens with zero attached hydrogens (tertiary/aromatic N) is 1. The minimum Gasteiger partial charge on any atom is -0.429 e. The van der Waals surface area contributed by atoms with Crippen molar-refractivity contribution in [2.75, 3.05) is 6.61 Å². The van der Waals surface area contributed by atoms with Gasteiger partial charge in [0.05, 0.1) is 12.7 Å². The molecule has 0 aromatic carbocycles. The Kier molecular flexibility index (Phi) is 6.25. The molecule has 7 aliphatic rings. The summed E-state index contributed by atoms with van der Waals surface area (Å²) in [5.41, 5.74) is 1.70. The smallest absolute Gasteiger partial charge is 0.429 e. The molecular formula is C32H45NO7. The van der Waals surface area contributed by atoms with E-state index in [9.17, 15) is 14.4 Å². The molecule has 40 heavy (non-hydrogen) atoms. The summed E-state index contributed by atoms with van der Waals surface area (Å²) in [6.07, 6.45) is 11.0. The molecular weight excluding hydrogens is 510 g/mol. The lowest BCUT2D eigenvalue weighted by Gasteiger charge is -2.56. The molecule has 0 N–H and O–H groups in total. The van der Waals surface area contributed by atoms with Crippen LogP contribution in [0.5, 0.6) is 0 Å². The molecule has 0 aromatic heterocycles. The molecule has 7 rings (SSSR count). The standard InChI is InChI=1S/C32H45NO7/c1-18-11-14-32(37-17-18)19(2)31(4)25-8-7-24-22(23(25)16-26(31)39-32)6-5-20-15-21(12-13-30(20,24)3)38-29(36)40-33-27(34)9-10-28(33)35/h5,18-19,21-26H,6-17H2,1-4H3/t18-,19+,21+,22+,23+,24+,25?,26+,30+,31?,32?/m1/s1. The van der Waals surface area contributed by atoms with E-state index in [0.717, 1.165) is 38.7 Å². The van der Waals surface area contributed by atoms with Crippen LogP contribution in [0.3, 0.4) is 0 Å². The first-order valence-corrected chi connectivity index (χ1v) is 15.8. The van der Waals surface area contributed by atoms with Crippen LogP contribution >= 0.6 is 0 Å². The third-order valence-electron chi connectivity index (χ3n) is 12.9. The number of allylic oxidation sites excluding steroid dienone is 1. The first kappa shape index (κ1) is 26.9. The van der Waals surface area contributed by atoms with Crippen LogP contribution in [0.25, 0.3) is 0 Å². The molecule has 0 bridgehead atoms. The number of hydroxylamine groups is 2. The quantitative estimate of drug-likeness (QED) is 0.237. The van der Waals surface area contributed by atoms with Crippen LogP contribution in [0.1, 0.15) is 98.3 Å². The topological polar surface area (TPSA) is 91.4 Å². The number of carbonyl (C=O) groups excluding carboxylic acids is 3. The average molecular weight is 556 g/mol. The summed E-state index contributed by atoms with van der Waals surface area (Å²) in [6.45, 7) is 10.5. The summed E-state index contributed by atoms with van der Waals surface area (Å²) in [5, 5.41) is 0.559. The minimum absolute atomic E-state index is 0.0735.